The van der Waals surface area contributed by atoms with E-state index in [1.165, 1.54) is 0 Å². The zero-order valence-corrected chi connectivity index (χ0v) is 5.99. The standard InChI is InChI=1S/C7H12O3/c1-4-2-5-3-9-7(10-5)6(4)8/h4-8H,2-3H2,1H3. The van der Waals surface area contributed by atoms with Gasteiger partial charge in [-0.2, -0.15) is 0 Å². The second kappa shape index (κ2) is 2.19. The number of aliphatic hydroxyl groups is 1. The molecule has 4 unspecified atom stereocenters. The van der Waals surface area contributed by atoms with Crippen molar-refractivity contribution in [2.45, 2.75) is 31.8 Å². The first kappa shape index (κ1) is 6.58. The fraction of sp³-hybridized carbons (Fsp3) is 1.00. The molecule has 0 aromatic carbocycles. The van der Waals surface area contributed by atoms with Crippen molar-refractivity contribution in [2.75, 3.05) is 6.61 Å². The predicted octanol–water partition coefficient (Wildman–Crippen LogP) is 0.129. The maximum absolute atomic E-state index is 9.41. The number of hydrogen-bond acceptors (Lipinski definition) is 3. The second-order valence-corrected chi connectivity index (χ2v) is 3.16. The molecule has 0 aromatic heterocycles. The molecule has 0 radical (unpaired) electrons. The molecule has 10 heavy (non-hydrogen) atoms. The van der Waals surface area contributed by atoms with Crippen LogP contribution in [0.1, 0.15) is 13.3 Å². The highest BCUT2D eigenvalue weighted by Gasteiger charge is 2.40. The van der Waals surface area contributed by atoms with Crippen LogP contribution in [0.3, 0.4) is 0 Å². The van der Waals surface area contributed by atoms with Crippen LogP contribution in [-0.2, 0) is 9.47 Å². The minimum absolute atomic E-state index is 0.239. The maximum Gasteiger partial charge on any atom is 0.184 e. The fourth-order valence-electron chi connectivity index (χ4n) is 1.60. The lowest BCUT2D eigenvalue weighted by molar-refractivity contribution is -0.171. The zero-order chi connectivity index (χ0) is 7.14. The summed E-state index contributed by atoms with van der Waals surface area (Å²) in [5, 5.41) is 9.41. The lowest BCUT2D eigenvalue weighted by Crippen LogP contribution is -2.38. The molecule has 2 aliphatic rings. The van der Waals surface area contributed by atoms with E-state index in [-0.39, 0.29) is 12.4 Å². The monoisotopic (exact) mass is 144 g/mol. The molecule has 0 aliphatic carbocycles. The third-order valence-electron chi connectivity index (χ3n) is 2.27. The van der Waals surface area contributed by atoms with E-state index in [2.05, 4.69) is 0 Å². The summed E-state index contributed by atoms with van der Waals surface area (Å²) < 4.78 is 10.5. The molecule has 2 fully saturated rings. The number of rotatable bonds is 0. The summed E-state index contributed by atoms with van der Waals surface area (Å²) in [6.45, 7) is 2.69. The molecule has 0 aromatic rings. The Morgan fingerprint density at radius 3 is 3.10 bits per heavy atom. The van der Waals surface area contributed by atoms with E-state index < -0.39 is 6.10 Å². The molecule has 2 rings (SSSR count). The average Bonchev–Trinajstić information content (AvgIpc) is 2.29. The first-order valence-electron chi connectivity index (χ1n) is 3.72. The first-order chi connectivity index (χ1) is 4.77. The summed E-state index contributed by atoms with van der Waals surface area (Å²) in [5.41, 5.74) is 0. The summed E-state index contributed by atoms with van der Waals surface area (Å²) in [7, 11) is 0. The van der Waals surface area contributed by atoms with Crippen molar-refractivity contribution in [3.05, 3.63) is 0 Å². The van der Waals surface area contributed by atoms with Gasteiger partial charge >= 0.3 is 0 Å². The van der Waals surface area contributed by atoms with E-state index >= 15 is 0 Å². The van der Waals surface area contributed by atoms with Gasteiger partial charge in [0.2, 0.25) is 0 Å². The van der Waals surface area contributed by atoms with E-state index in [0.717, 1.165) is 6.42 Å². The topological polar surface area (TPSA) is 38.7 Å². The van der Waals surface area contributed by atoms with Gasteiger partial charge in [0, 0.05) is 0 Å². The molecule has 3 heteroatoms. The van der Waals surface area contributed by atoms with Crippen molar-refractivity contribution in [2.24, 2.45) is 5.92 Å². The lowest BCUT2D eigenvalue weighted by atomic mass is 9.96. The minimum Gasteiger partial charge on any atom is -0.388 e. The normalized spacial score (nSPS) is 53.4. The molecule has 1 N–H and O–H groups in total. The molecule has 58 valence electrons. The van der Waals surface area contributed by atoms with Crippen LogP contribution in [0, 0.1) is 5.92 Å². The highest BCUT2D eigenvalue weighted by molar-refractivity contribution is 4.83. The van der Waals surface area contributed by atoms with Crippen LogP contribution in [0.5, 0.6) is 0 Å². The van der Waals surface area contributed by atoms with Gasteiger partial charge in [-0.05, 0) is 12.3 Å². The summed E-state index contributed by atoms with van der Waals surface area (Å²) in [4.78, 5) is 0. The van der Waals surface area contributed by atoms with Gasteiger partial charge in [-0.15, -0.1) is 0 Å². The highest BCUT2D eigenvalue weighted by Crippen LogP contribution is 2.30. The Bertz CT molecular complexity index is 137. The molecule has 2 saturated heterocycles. The van der Waals surface area contributed by atoms with Gasteiger partial charge in [0.05, 0.1) is 12.7 Å². The predicted molar refractivity (Wildman–Crippen MR) is 34.4 cm³/mol. The van der Waals surface area contributed by atoms with Crippen molar-refractivity contribution >= 4 is 0 Å². The zero-order valence-electron chi connectivity index (χ0n) is 5.99. The van der Waals surface area contributed by atoms with Gasteiger partial charge in [-0.25, -0.2) is 0 Å². The molecular weight excluding hydrogens is 132 g/mol. The molecule has 2 bridgehead atoms. The van der Waals surface area contributed by atoms with Gasteiger partial charge in [-0.3, -0.25) is 0 Å². The van der Waals surface area contributed by atoms with Crippen molar-refractivity contribution in [1.29, 1.82) is 0 Å². The molecule has 4 atom stereocenters. The SMILES string of the molecule is CC1CC2COC(O2)C1O. The summed E-state index contributed by atoms with van der Waals surface area (Å²) >= 11 is 0. The van der Waals surface area contributed by atoms with Crippen LogP contribution in [0.2, 0.25) is 0 Å². The van der Waals surface area contributed by atoms with Crippen LogP contribution in [-0.4, -0.2) is 30.2 Å². The molecule has 0 spiro atoms. The molecular formula is C7H12O3. The Morgan fingerprint density at radius 1 is 1.50 bits per heavy atom. The van der Waals surface area contributed by atoms with Gasteiger partial charge < -0.3 is 14.6 Å². The molecule has 3 nitrogen and oxygen atoms in total. The smallest absolute Gasteiger partial charge is 0.184 e. The van der Waals surface area contributed by atoms with Crippen molar-refractivity contribution in [1.82, 2.24) is 0 Å². The van der Waals surface area contributed by atoms with Gasteiger partial charge in [0.25, 0.3) is 0 Å². The van der Waals surface area contributed by atoms with Gasteiger partial charge in [0.15, 0.2) is 6.29 Å². The number of aliphatic hydroxyl groups excluding tert-OH is 1. The Kier molecular flexibility index (Phi) is 1.44. The Balaban J connectivity index is 2.09. The van der Waals surface area contributed by atoms with E-state index in [9.17, 15) is 5.11 Å². The molecule has 2 aliphatic heterocycles. The minimum atomic E-state index is -0.418. The molecule has 2 heterocycles. The van der Waals surface area contributed by atoms with Crippen LogP contribution < -0.4 is 0 Å². The quantitative estimate of drug-likeness (QED) is 0.525. The lowest BCUT2D eigenvalue weighted by Gasteiger charge is -2.28. The Morgan fingerprint density at radius 2 is 2.30 bits per heavy atom. The Hall–Kier alpha value is -0.120. The van der Waals surface area contributed by atoms with Crippen LogP contribution in [0.4, 0.5) is 0 Å². The van der Waals surface area contributed by atoms with E-state index in [0.29, 0.717) is 12.5 Å². The van der Waals surface area contributed by atoms with Crippen molar-refractivity contribution in [3.8, 4) is 0 Å². The van der Waals surface area contributed by atoms with Crippen LogP contribution in [0.25, 0.3) is 0 Å². The summed E-state index contributed by atoms with van der Waals surface area (Å²) in [6.07, 6.45) is 0.411. The number of hydrogen-bond donors (Lipinski definition) is 1. The summed E-state index contributed by atoms with van der Waals surface area (Å²) in [6, 6.07) is 0. The van der Waals surface area contributed by atoms with Crippen molar-refractivity contribution < 1.29 is 14.6 Å². The van der Waals surface area contributed by atoms with Crippen molar-refractivity contribution in [3.63, 3.8) is 0 Å². The third kappa shape index (κ3) is 0.856. The van der Waals surface area contributed by atoms with Gasteiger partial charge in [-0.1, -0.05) is 6.92 Å². The fourth-order valence-corrected chi connectivity index (χ4v) is 1.60. The average molecular weight is 144 g/mol. The van der Waals surface area contributed by atoms with Crippen LogP contribution in [0.15, 0.2) is 0 Å². The Labute approximate surface area is 59.9 Å². The first-order valence-corrected chi connectivity index (χ1v) is 3.72. The third-order valence-corrected chi connectivity index (χ3v) is 2.27. The summed E-state index contributed by atoms with van der Waals surface area (Å²) in [5.74, 6) is 0.325. The van der Waals surface area contributed by atoms with E-state index in [4.69, 9.17) is 9.47 Å². The van der Waals surface area contributed by atoms with E-state index in [1.54, 1.807) is 0 Å². The molecule has 0 amide bonds. The number of fused-ring (bicyclic) bond motifs is 2. The second-order valence-electron chi connectivity index (χ2n) is 3.16. The number of ether oxygens (including phenoxy) is 2. The highest BCUT2D eigenvalue weighted by atomic mass is 16.7. The maximum atomic E-state index is 9.41. The molecule has 0 saturated carbocycles. The van der Waals surface area contributed by atoms with Gasteiger partial charge in [0.1, 0.15) is 6.10 Å². The van der Waals surface area contributed by atoms with E-state index in [1.807, 2.05) is 6.92 Å². The van der Waals surface area contributed by atoms with Crippen LogP contribution >= 0.6 is 0 Å². The largest absolute Gasteiger partial charge is 0.388 e.